The van der Waals surface area contributed by atoms with Gasteiger partial charge in [0.15, 0.2) is 11.5 Å². The fourth-order valence-electron chi connectivity index (χ4n) is 2.34. The third kappa shape index (κ3) is 5.00. The third-order valence-corrected chi connectivity index (χ3v) is 3.59. The predicted molar refractivity (Wildman–Crippen MR) is 93.0 cm³/mol. The number of hydrogen-bond donors (Lipinski definition) is 2. The van der Waals surface area contributed by atoms with Crippen molar-refractivity contribution in [3.8, 4) is 11.5 Å². The lowest BCUT2D eigenvalue weighted by molar-refractivity contribution is -0.137. The van der Waals surface area contributed by atoms with E-state index in [2.05, 4.69) is 15.8 Å². The zero-order valence-electron chi connectivity index (χ0n) is 14.2. The molecule has 10 heteroatoms. The summed E-state index contributed by atoms with van der Waals surface area (Å²) in [5.74, 6) is -0.334. The van der Waals surface area contributed by atoms with Gasteiger partial charge in [-0.1, -0.05) is 6.07 Å². The van der Waals surface area contributed by atoms with Gasteiger partial charge >= 0.3 is 6.18 Å². The van der Waals surface area contributed by atoms with Crippen molar-refractivity contribution in [2.75, 3.05) is 12.1 Å². The van der Waals surface area contributed by atoms with E-state index in [1.165, 1.54) is 12.3 Å². The van der Waals surface area contributed by atoms with Gasteiger partial charge in [0, 0.05) is 5.69 Å². The number of hydrogen-bond acceptors (Lipinski definition) is 5. The van der Waals surface area contributed by atoms with Gasteiger partial charge < -0.3 is 14.8 Å². The molecule has 0 aromatic heterocycles. The average Bonchev–Trinajstić information content (AvgIpc) is 3.09. The van der Waals surface area contributed by atoms with Crippen LogP contribution in [0.4, 0.5) is 18.9 Å². The fourth-order valence-corrected chi connectivity index (χ4v) is 2.34. The summed E-state index contributed by atoms with van der Waals surface area (Å²) >= 11 is 0. The molecule has 0 fully saturated rings. The molecule has 28 heavy (non-hydrogen) atoms. The van der Waals surface area contributed by atoms with E-state index in [1.807, 2.05) is 0 Å². The normalized spacial score (nSPS) is 12.8. The maximum atomic E-state index is 12.7. The highest BCUT2D eigenvalue weighted by Crippen LogP contribution is 2.32. The highest BCUT2D eigenvalue weighted by Gasteiger charge is 2.30. The van der Waals surface area contributed by atoms with Gasteiger partial charge in [0.05, 0.1) is 11.8 Å². The Morgan fingerprint density at radius 2 is 1.86 bits per heavy atom. The molecule has 0 saturated carbocycles. The van der Waals surface area contributed by atoms with Crippen molar-refractivity contribution in [3.63, 3.8) is 0 Å². The van der Waals surface area contributed by atoms with Gasteiger partial charge in [0.2, 0.25) is 18.6 Å². The number of alkyl halides is 3. The Morgan fingerprint density at radius 1 is 1.07 bits per heavy atom. The van der Waals surface area contributed by atoms with Crippen LogP contribution in [-0.4, -0.2) is 24.8 Å². The lowest BCUT2D eigenvalue weighted by Crippen LogP contribution is -2.24. The smallest absolute Gasteiger partial charge is 0.416 e. The van der Waals surface area contributed by atoms with Gasteiger partial charge in [-0.15, -0.1) is 0 Å². The monoisotopic (exact) mass is 393 g/mol. The minimum Gasteiger partial charge on any atom is -0.454 e. The predicted octanol–water partition coefficient (Wildman–Crippen LogP) is 2.91. The summed E-state index contributed by atoms with van der Waals surface area (Å²) in [5.41, 5.74) is 1.85. The van der Waals surface area contributed by atoms with Crippen LogP contribution < -0.4 is 20.2 Å². The zero-order chi connectivity index (χ0) is 20.1. The van der Waals surface area contributed by atoms with E-state index in [0.29, 0.717) is 17.1 Å². The number of carbonyl (C=O) groups excluding carboxylic acids is 2. The van der Waals surface area contributed by atoms with Crippen LogP contribution in [0, 0.1) is 0 Å². The van der Waals surface area contributed by atoms with Gasteiger partial charge in [0.1, 0.15) is 6.42 Å². The van der Waals surface area contributed by atoms with Crippen molar-refractivity contribution in [1.29, 1.82) is 0 Å². The Hall–Kier alpha value is -3.56. The number of ether oxygens (including phenoxy) is 2. The Morgan fingerprint density at radius 3 is 2.64 bits per heavy atom. The van der Waals surface area contributed by atoms with E-state index in [0.717, 1.165) is 18.2 Å². The van der Waals surface area contributed by atoms with E-state index >= 15 is 0 Å². The van der Waals surface area contributed by atoms with Crippen molar-refractivity contribution >= 4 is 23.7 Å². The summed E-state index contributed by atoms with van der Waals surface area (Å²) < 4.78 is 48.4. The molecule has 1 aliphatic rings. The molecular weight excluding hydrogens is 379 g/mol. The molecule has 2 N–H and O–H groups in total. The second-order valence-corrected chi connectivity index (χ2v) is 5.71. The number of amides is 2. The highest BCUT2D eigenvalue weighted by molar-refractivity contribution is 6.03. The van der Waals surface area contributed by atoms with Crippen LogP contribution in [0.2, 0.25) is 0 Å². The van der Waals surface area contributed by atoms with Crippen LogP contribution in [0.15, 0.2) is 47.6 Å². The quantitative estimate of drug-likeness (QED) is 0.464. The lowest BCUT2D eigenvalue weighted by Gasteiger charge is -2.09. The Kier molecular flexibility index (Phi) is 5.48. The van der Waals surface area contributed by atoms with Crippen molar-refractivity contribution in [1.82, 2.24) is 5.43 Å². The van der Waals surface area contributed by atoms with E-state index in [-0.39, 0.29) is 12.5 Å². The lowest BCUT2D eigenvalue weighted by atomic mass is 10.2. The molecule has 146 valence electrons. The number of nitrogens with one attached hydrogen (secondary N) is 2. The molecule has 0 atom stereocenters. The van der Waals surface area contributed by atoms with E-state index < -0.39 is 30.0 Å². The molecular formula is C18H14F3N3O4. The SMILES string of the molecule is O=C(CC(=O)Nc1cccc(C(F)(F)F)c1)N/N=C/c1ccc2c(c1)OCO2. The van der Waals surface area contributed by atoms with Gasteiger partial charge in [-0.05, 0) is 42.0 Å². The minimum absolute atomic E-state index is 0.0588. The summed E-state index contributed by atoms with van der Waals surface area (Å²) in [6, 6.07) is 9.17. The molecule has 0 bridgehead atoms. The summed E-state index contributed by atoms with van der Waals surface area (Å²) in [5, 5.41) is 5.96. The van der Waals surface area contributed by atoms with Gasteiger partial charge in [0.25, 0.3) is 0 Å². The van der Waals surface area contributed by atoms with Crippen LogP contribution in [0.5, 0.6) is 11.5 Å². The number of carbonyl (C=O) groups is 2. The largest absolute Gasteiger partial charge is 0.454 e. The van der Waals surface area contributed by atoms with Crippen molar-refractivity contribution in [2.45, 2.75) is 12.6 Å². The first-order valence-corrected chi connectivity index (χ1v) is 8.00. The van der Waals surface area contributed by atoms with Crippen molar-refractivity contribution in [3.05, 3.63) is 53.6 Å². The first-order valence-electron chi connectivity index (χ1n) is 8.00. The summed E-state index contributed by atoms with van der Waals surface area (Å²) in [6.45, 7) is 0.133. The number of fused-ring (bicyclic) bond motifs is 1. The second kappa shape index (κ2) is 7.99. The van der Waals surface area contributed by atoms with Gasteiger partial charge in [-0.25, -0.2) is 5.43 Å². The first kappa shape index (κ1) is 19.2. The van der Waals surface area contributed by atoms with E-state index in [1.54, 1.807) is 18.2 Å². The molecule has 2 aromatic carbocycles. The summed E-state index contributed by atoms with van der Waals surface area (Å²) in [4.78, 5) is 23.5. The summed E-state index contributed by atoms with van der Waals surface area (Å²) in [7, 11) is 0. The van der Waals surface area contributed by atoms with Crippen molar-refractivity contribution < 1.29 is 32.2 Å². The van der Waals surface area contributed by atoms with Crippen molar-refractivity contribution in [2.24, 2.45) is 5.10 Å². The van der Waals surface area contributed by atoms with E-state index in [4.69, 9.17) is 9.47 Å². The average molecular weight is 393 g/mol. The third-order valence-electron chi connectivity index (χ3n) is 3.59. The number of hydrazone groups is 1. The van der Waals surface area contributed by atoms with Gasteiger partial charge in [-0.3, -0.25) is 9.59 Å². The second-order valence-electron chi connectivity index (χ2n) is 5.71. The van der Waals surface area contributed by atoms with Crippen LogP contribution in [-0.2, 0) is 15.8 Å². The van der Waals surface area contributed by atoms with Gasteiger partial charge in [-0.2, -0.15) is 18.3 Å². The molecule has 0 spiro atoms. The topological polar surface area (TPSA) is 89.0 Å². The number of benzene rings is 2. The van der Waals surface area contributed by atoms with Crippen LogP contribution in [0.1, 0.15) is 17.5 Å². The molecule has 0 unspecified atom stereocenters. The standard InChI is InChI=1S/C18H14F3N3O4/c19-18(20,21)12-2-1-3-13(7-12)23-16(25)8-17(26)24-22-9-11-4-5-14-15(6-11)28-10-27-14/h1-7,9H,8,10H2,(H,23,25)(H,24,26)/b22-9+. The highest BCUT2D eigenvalue weighted by atomic mass is 19.4. The van der Waals surface area contributed by atoms with Crippen LogP contribution >= 0.6 is 0 Å². The number of nitrogens with zero attached hydrogens (tertiary/aromatic N) is 1. The maximum Gasteiger partial charge on any atom is 0.416 e. The molecule has 1 aliphatic heterocycles. The maximum absolute atomic E-state index is 12.7. The molecule has 0 aliphatic carbocycles. The Labute approximate surface area is 157 Å². The molecule has 0 radical (unpaired) electrons. The zero-order valence-corrected chi connectivity index (χ0v) is 14.2. The molecule has 3 rings (SSSR count). The number of rotatable bonds is 5. The molecule has 2 amide bonds. The summed E-state index contributed by atoms with van der Waals surface area (Å²) in [6.07, 6.45) is -3.78. The van der Waals surface area contributed by atoms with E-state index in [9.17, 15) is 22.8 Å². The minimum atomic E-state index is -4.53. The molecule has 0 saturated heterocycles. The first-order chi connectivity index (χ1) is 13.3. The molecule has 1 heterocycles. The molecule has 7 nitrogen and oxygen atoms in total. The Balaban J connectivity index is 1.50. The van der Waals surface area contributed by atoms with Crippen LogP contribution in [0.3, 0.4) is 0 Å². The number of anilines is 1. The number of halogens is 3. The Bertz CT molecular complexity index is 929. The van der Waals surface area contributed by atoms with Crippen LogP contribution in [0.25, 0.3) is 0 Å². The molecule has 2 aromatic rings. The fraction of sp³-hybridized carbons (Fsp3) is 0.167.